The van der Waals surface area contributed by atoms with E-state index in [0.717, 1.165) is 11.3 Å². The van der Waals surface area contributed by atoms with Gasteiger partial charge in [-0.2, -0.15) is 4.68 Å². The Kier molecular flexibility index (Phi) is 6.86. The van der Waals surface area contributed by atoms with Crippen LogP contribution in [0.3, 0.4) is 0 Å². The van der Waals surface area contributed by atoms with E-state index in [1.807, 2.05) is 13.8 Å². The number of hydrogen-bond donors (Lipinski definition) is 1. The molecular weight excluding hydrogens is 408 g/mol. The lowest BCUT2D eigenvalue weighted by atomic mass is 10.1. The second-order valence-corrected chi connectivity index (χ2v) is 6.99. The first kappa shape index (κ1) is 21.1. The van der Waals surface area contributed by atoms with Gasteiger partial charge in [-0.05, 0) is 53.9 Å². The minimum absolute atomic E-state index is 0.115. The molecule has 1 aromatic carbocycles. The zero-order valence-corrected chi connectivity index (χ0v) is 17.3. The second-order valence-electron chi connectivity index (χ2n) is 6.07. The number of tetrazole rings is 1. The molecule has 11 heteroatoms. The topological polar surface area (TPSA) is 119 Å². The number of carbonyl (C=O) groups excluding carboxylic acids is 3. The lowest BCUT2D eigenvalue weighted by Crippen LogP contribution is -2.30. The zero-order chi connectivity index (χ0) is 21.5. The van der Waals surface area contributed by atoms with E-state index in [4.69, 9.17) is 4.74 Å². The summed E-state index contributed by atoms with van der Waals surface area (Å²) in [6.07, 6.45) is 1.36. The number of thiophene rings is 1. The number of carbonyl (C=O) groups is 3. The number of amides is 2. The number of nitrogens with one attached hydrogen (secondary N) is 1. The first-order chi connectivity index (χ1) is 14.5. The van der Waals surface area contributed by atoms with Gasteiger partial charge in [-0.15, -0.1) is 16.4 Å². The van der Waals surface area contributed by atoms with Crippen LogP contribution in [0.2, 0.25) is 0 Å². The van der Waals surface area contributed by atoms with Crippen molar-refractivity contribution in [2.45, 2.75) is 13.8 Å². The number of benzene rings is 1. The van der Waals surface area contributed by atoms with Crippen LogP contribution in [0.5, 0.6) is 0 Å². The molecule has 0 atom stereocenters. The Morgan fingerprint density at radius 2 is 2.00 bits per heavy atom. The Bertz CT molecular complexity index is 1030. The van der Waals surface area contributed by atoms with Crippen LogP contribution in [-0.4, -0.2) is 62.6 Å². The summed E-state index contributed by atoms with van der Waals surface area (Å²) in [5, 5.41) is 15.1. The molecule has 2 heterocycles. The van der Waals surface area contributed by atoms with Gasteiger partial charge in [0.15, 0.2) is 6.61 Å². The van der Waals surface area contributed by atoms with Crippen molar-refractivity contribution in [1.29, 1.82) is 0 Å². The third-order valence-corrected chi connectivity index (χ3v) is 5.09. The fraction of sp³-hybridized carbons (Fsp3) is 0.263. The summed E-state index contributed by atoms with van der Waals surface area (Å²) < 4.78 is 6.45. The smallest absolute Gasteiger partial charge is 0.351 e. The molecule has 0 fully saturated rings. The number of rotatable bonds is 8. The van der Waals surface area contributed by atoms with Crippen molar-refractivity contribution in [2.75, 3.05) is 25.0 Å². The van der Waals surface area contributed by atoms with E-state index >= 15 is 0 Å². The predicted molar refractivity (Wildman–Crippen MR) is 110 cm³/mol. The van der Waals surface area contributed by atoms with Gasteiger partial charge in [-0.1, -0.05) is 6.07 Å². The summed E-state index contributed by atoms with van der Waals surface area (Å²) >= 11 is 1.16. The standard InChI is InChI=1S/C19H20N6O4S/c1-3-24(4-2)18(27)13-6-5-7-14(10-13)21-16(26)11-29-19(28)17-15(8-9-30-17)25-12-20-22-23-25/h5-10,12H,3-4,11H2,1-2H3,(H,21,26). The molecule has 0 spiro atoms. The molecule has 2 amide bonds. The van der Waals surface area contributed by atoms with E-state index in [0.29, 0.717) is 30.0 Å². The number of ether oxygens (including phenoxy) is 1. The van der Waals surface area contributed by atoms with Gasteiger partial charge in [0.1, 0.15) is 11.2 Å². The molecule has 30 heavy (non-hydrogen) atoms. The molecule has 0 aliphatic heterocycles. The molecule has 3 rings (SSSR count). The summed E-state index contributed by atoms with van der Waals surface area (Å²) in [5.74, 6) is -1.29. The largest absolute Gasteiger partial charge is 0.451 e. The fourth-order valence-corrected chi connectivity index (χ4v) is 3.49. The molecule has 0 bridgehead atoms. The minimum Gasteiger partial charge on any atom is -0.451 e. The average Bonchev–Trinajstić information content (AvgIpc) is 3.44. The normalized spacial score (nSPS) is 10.5. The molecule has 0 saturated heterocycles. The summed E-state index contributed by atoms with van der Waals surface area (Å²) in [6.45, 7) is 4.52. The molecule has 2 aromatic heterocycles. The molecule has 0 aliphatic carbocycles. The van der Waals surface area contributed by atoms with Crippen molar-refractivity contribution in [3.8, 4) is 5.69 Å². The zero-order valence-electron chi connectivity index (χ0n) is 16.4. The van der Waals surface area contributed by atoms with Gasteiger partial charge in [0.2, 0.25) is 0 Å². The quantitative estimate of drug-likeness (QED) is 0.545. The van der Waals surface area contributed by atoms with Crippen LogP contribution < -0.4 is 5.32 Å². The highest BCUT2D eigenvalue weighted by atomic mass is 32.1. The number of aromatic nitrogens is 4. The summed E-state index contributed by atoms with van der Waals surface area (Å²) in [7, 11) is 0. The van der Waals surface area contributed by atoms with Crippen LogP contribution in [-0.2, 0) is 9.53 Å². The first-order valence-corrected chi connectivity index (χ1v) is 10.1. The Hall–Kier alpha value is -3.60. The Morgan fingerprint density at radius 1 is 1.20 bits per heavy atom. The monoisotopic (exact) mass is 428 g/mol. The first-order valence-electron chi connectivity index (χ1n) is 9.20. The van der Waals surface area contributed by atoms with Crippen molar-refractivity contribution in [2.24, 2.45) is 0 Å². The SMILES string of the molecule is CCN(CC)C(=O)c1cccc(NC(=O)COC(=O)c2sccc2-n2cnnn2)c1. The number of anilines is 1. The van der Waals surface area contributed by atoms with Crippen LogP contribution in [0.25, 0.3) is 5.69 Å². The molecule has 0 saturated carbocycles. The second kappa shape index (κ2) is 9.74. The molecule has 0 unspecified atom stereocenters. The third kappa shape index (κ3) is 4.87. The van der Waals surface area contributed by atoms with Crippen molar-refractivity contribution in [3.63, 3.8) is 0 Å². The van der Waals surface area contributed by atoms with Gasteiger partial charge in [-0.25, -0.2) is 4.79 Å². The molecule has 0 aliphatic rings. The van der Waals surface area contributed by atoms with Gasteiger partial charge < -0.3 is 15.0 Å². The van der Waals surface area contributed by atoms with Crippen molar-refractivity contribution in [1.82, 2.24) is 25.1 Å². The van der Waals surface area contributed by atoms with Gasteiger partial charge in [0.05, 0.1) is 5.69 Å². The lowest BCUT2D eigenvalue weighted by Gasteiger charge is -2.19. The highest BCUT2D eigenvalue weighted by Gasteiger charge is 2.19. The maximum atomic E-state index is 12.4. The van der Waals surface area contributed by atoms with Gasteiger partial charge in [0, 0.05) is 24.3 Å². The van der Waals surface area contributed by atoms with Gasteiger partial charge in [0.25, 0.3) is 11.8 Å². The van der Waals surface area contributed by atoms with E-state index in [1.54, 1.807) is 40.6 Å². The molecule has 1 N–H and O–H groups in total. The van der Waals surface area contributed by atoms with Crippen LogP contribution in [0.4, 0.5) is 5.69 Å². The van der Waals surface area contributed by atoms with Crippen molar-refractivity contribution in [3.05, 3.63) is 52.5 Å². The van der Waals surface area contributed by atoms with Crippen molar-refractivity contribution < 1.29 is 19.1 Å². The van der Waals surface area contributed by atoms with Gasteiger partial charge in [-0.3, -0.25) is 9.59 Å². The highest BCUT2D eigenvalue weighted by molar-refractivity contribution is 7.12. The van der Waals surface area contributed by atoms with Crippen LogP contribution in [0.15, 0.2) is 42.0 Å². The lowest BCUT2D eigenvalue weighted by molar-refractivity contribution is -0.119. The number of esters is 1. The summed E-state index contributed by atoms with van der Waals surface area (Å²) in [4.78, 5) is 39.0. The Balaban J connectivity index is 1.59. The summed E-state index contributed by atoms with van der Waals surface area (Å²) in [6, 6.07) is 8.30. The van der Waals surface area contributed by atoms with Crippen LogP contribution in [0, 0.1) is 0 Å². The van der Waals surface area contributed by atoms with E-state index in [-0.39, 0.29) is 10.8 Å². The number of hydrogen-bond acceptors (Lipinski definition) is 8. The molecule has 3 aromatic rings. The number of nitrogens with zero attached hydrogens (tertiary/aromatic N) is 5. The van der Waals surface area contributed by atoms with E-state index in [1.165, 1.54) is 11.0 Å². The maximum Gasteiger partial charge on any atom is 0.351 e. The predicted octanol–water partition coefficient (Wildman–Crippen LogP) is 2.00. The Morgan fingerprint density at radius 3 is 2.70 bits per heavy atom. The van der Waals surface area contributed by atoms with Crippen molar-refractivity contribution >= 4 is 34.8 Å². The molecule has 0 radical (unpaired) electrons. The molecule has 156 valence electrons. The van der Waals surface area contributed by atoms with E-state index < -0.39 is 18.5 Å². The Labute approximate surface area is 176 Å². The van der Waals surface area contributed by atoms with E-state index in [2.05, 4.69) is 20.8 Å². The highest BCUT2D eigenvalue weighted by Crippen LogP contribution is 2.21. The van der Waals surface area contributed by atoms with Gasteiger partial charge >= 0.3 is 5.97 Å². The average molecular weight is 428 g/mol. The fourth-order valence-electron chi connectivity index (χ4n) is 2.72. The van der Waals surface area contributed by atoms with Crippen LogP contribution in [0.1, 0.15) is 33.9 Å². The summed E-state index contributed by atoms with van der Waals surface area (Å²) in [5.41, 5.74) is 1.38. The maximum absolute atomic E-state index is 12.4. The molecular formula is C19H20N6O4S. The minimum atomic E-state index is -0.656. The third-order valence-electron chi connectivity index (χ3n) is 4.20. The molecule has 10 nitrogen and oxygen atoms in total. The van der Waals surface area contributed by atoms with E-state index in [9.17, 15) is 14.4 Å². The van der Waals surface area contributed by atoms with Crippen LogP contribution >= 0.6 is 11.3 Å².